The highest BCUT2D eigenvalue weighted by atomic mass is 35.5. The minimum atomic E-state index is -4.69. The second kappa shape index (κ2) is 8.14. The average Bonchev–Trinajstić information content (AvgIpc) is 2.95. The summed E-state index contributed by atoms with van der Waals surface area (Å²) in [5, 5.41) is 21.7. The lowest BCUT2D eigenvalue weighted by molar-refractivity contribution is -0.137. The molecule has 1 aromatic carbocycles. The molecule has 1 heterocycles. The Balaban J connectivity index is 2.88. The Bertz CT molecular complexity index is 1050. The van der Waals surface area contributed by atoms with E-state index in [4.69, 9.17) is 23.2 Å². The first kappa shape index (κ1) is 22.3. The molecule has 2 aromatic rings. The molecule has 1 aromatic heterocycles. The maximum absolute atomic E-state index is 13.0. The lowest BCUT2D eigenvalue weighted by Gasteiger charge is -2.14. The summed E-state index contributed by atoms with van der Waals surface area (Å²) in [6.07, 6.45) is -3.42. The standard InChI is InChI=1S/C17H12Cl2F3N5O2/c1-8(16(28)29)13-12(6-23)25-27(15(13)24-7-26(2)3)14-10(18)4-9(5-11(14)19)17(20,21)22/h4-5,7H,1H2,2-3H3,(H,28,29). The number of carboxylic acid groups (broad SMARTS) is 1. The molecule has 0 aliphatic rings. The number of aliphatic carboxylic acids is 1. The number of hydrogen-bond donors (Lipinski definition) is 1. The van der Waals surface area contributed by atoms with Crippen molar-refractivity contribution in [3.05, 3.63) is 45.6 Å². The van der Waals surface area contributed by atoms with Gasteiger partial charge in [0.15, 0.2) is 11.5 Å². The molecule has 0 bridgehead atoms. The summed E-state index contributed by atoms with van der Waals surface area (Å²) in [6, 6.07) is 3.00. The third kappa shape index (κ3) is 4.52. The van der Waals surface area contributed by atoms with Gasteiger partial charge < -0.3 is 10.0 Å². The molecule has 0 unspecified atom stereocenters. The molecular formula is C17H12Cl2F3N5O2. The molecule has 0 amide bonds. The molecule has 0 aliphatic carbocycles. The Kier molecular flexibility index (Phi) is 6.25. The lowest BCUT2D eigenvalue weighted by Crippen LogP contribution is -2.09. The van der Waals surface area contributed by atoms with Gasteiger partial charge in [-0.3, -0.25) is 0 Å². The van der Waals surface area contributed by atoms with Crippen molar-refractivity contribution in [2.24, 2.45) is 4.99 Å². The van der Waals surface area contributed by atoms with Crippen molar-refractivity contribution in [3.63, 3.8) is 0 Å². The molecule has 0 spiro atoms. The fourth-order valence-corrected chi connectivity index (χ4v) is 2.90. The van der Waals surface area contributed by atoms with E-state index in [9.17, 15) is 28.3 Å². The van der Waals surface area contributed by atoms with Gasteiger partial charge in [-0.1, -0.05) is 29.8 Å². The van der Waals surface area contributed by atoms with Gasteiger partial charge in [0.25, 0.3) is 0 Å². The molecule has 7 nitrogen and oxygen atoms in total. The minimum Gasteiger partial charge on any atom is -0.478 e. The molecule has 1 N–H and O–H groups in total. The zero-order chi connectivity index (χ0) is 22.1. The molecule has 0 aliphatic heterocycles. The number of carbonyl (C=O) groups is 1. The van der Waals surface area contributed by atoms with Crippen LogP contribution in [0.4, 0.5) is 19.0 Å². The van der Waals surface area contributed by atoms with Crippen LogP contribution in [0, 0.1) is 11.3 Å². The quantitative estimate of drug-likeness (QED) is 0.418. The van der Waals surface area contributed by atoms with Gasteiger partial charge in [0.2, 0.25) is 0 Å². The molecule has 0 saturated heterocycles. The maximum Gasteiger partial charge on any atom is 0.416 e. The van der Waals surface area contributed by atoms with E-state index >= 15 is 0 Å². The van der Waals surface area contributed by atoms with Crippen LogP contribution in [0.2, 0.25) is 10.0 Å². The van der Waals surface area contributed by atoms with Crippen LogP contribution in [0.15, 0.2) is 23.7 Å². The van der Waals surface area contributed by atoms with Gasteiger partial charge in [0, 0.05) is 14.1 Å². The van der Waals surface area contributed by atoms with Crippen LogP contribution in [-0.4, -0.2) is 46.2 Å². The van der Waals surface area contributed by atoms with Crippen LogP contribution < -0.4 is 0 Å². The zero-order valence-corrected chi connectivity index (χ0v) is 16.4. The number of alkyl halides is 3. The maximum atomic E-state index is 13.0. The van der Waals surface area contributed by atoms with Crippen LogP contribution in [0.25, 0.3) is 11.3 Å². The van der Waals surface area contributed by atoms with Gasteiger partial charge in [-0.2, -0.15) is 23.5 Å². The first-order valence-electron chi connectivity index (χ1n) is 7.61. The van der Waals surface area contributed by atoms with Gasteiger partial charge >= 0.3 is 12.1 Å². The van der Waals surface area contributed by atoms with Gasteiger partial charge in [0.05, 0.1) is 33.1 Å². The summed E-state index contributed by atoms with van der Waals surface area (Å²) in [7, 11) is 3.25. The van der Waals surface area contributed by atoms with Crippen molar-refractivity contribution < 1.29 is 23.1 Å². The van der Waals surface area contributed by atoms with Crippen LogP contribution in [0.1, 0.15) is 16.8 Å². The molecule has 152 valence electrons. The number of aromatic nitrogens is 2. The van der Waals surface area contributed by atoms with E-state index in [0.29, 0.717) is 12.1 Å². The second-order valence-corrected chi connectivity index (χ2v) is 6.66. The molecular weight excluding hydrogens is 434 g/mol. The first-order valence-corrected chi connectivity index (χ1v) is 8.37. The van der Waals surface area contributed by atoms with Crippen molar-refractivity contribution in [1.82, 2.24) is 14.7 Å². The van der Waals surface area contributed by atoms with Crippen molar-refractivity contribution in [2.45, 2.75) is 6.18 Å². The highest BCUT2D eigenvalue weighted by molar-refractivity contribution is 6.38. The van der Waals surface area contributed by atoms with E-state index in [2.05, 4.69) is 16.7 Å². The SMILES string of the molecule is C=C(C(=O)O)c1c(C#N)nn(-c2c(Cl)cc(C(F)(F)F)cc2Cl)c1N=CN(C)C. The predicted octanol–water partition coefficient (Wildman–Crippen LogP) is 4.39. The van der Waals surface area contributed by atoms with Gasteiger partial charge in [-0.15, -0.1) is 0 Å². The Morgan fingerprint density at radius 1 is 1.38 bits per heavy atom. The summed E-state index contributed by atoms with van der Waals surface area (Å²) in [6.45, 7) is 3.41. The van der Waals surface area contributed by atoms with Gasteiger partial charge in [-0.05, 0) is 12.1 Å². The molecule has 12 heteroatoms. The fraction of sp³-hybridized carbons (Fsp3) is 0.176. The number of hydrogen-bond acceptors (Lipinski definition) is 4. The summed E-state index contributed by atoms with van der Waals surface area (Å²) < 4.78 is 39.9. The highest BCUT2D eigenvalue weighted by Gasteiger charge is 2.33. The molecule has 2 rings (SSSR count). The van der Waals surface area contributed by atoms with Crippen molar-refractivity contribution in [1.29, 1.82) is 5.26 Å². The first-order chi connectivity index (χ1) is 13.4. The fourth-order valence-electron chi connectivity index (χ4n) is 2.25. The number of nitrogens with zero attached hydrogens (tertiary/aromatic N) is 5. The number of carboxylic acids is 1. The minimum absolute atomic E-state index is 0.189. The third-order valence-corrected chi connectivity index (χ3v) is 4.07. The molecule has 0 saturated carbocycles. The average molecular weight is 446 g/mol. The molecule has 0 atom stereocenters. The Hall–Kier alpha value is -3.03. The summed E-state index contributed by atoms with van der Waals surface area (Å²) >= 11 is 12.1. The summed E-state index contributed by atoms with van der Waals surface area (Å²) in [5.41, 5.74) is -2.36. The smallest absolute Gasteiger partial charge is 0.416 e. The normalized spacial score (nSPS) is 11.5. The van der Waals surface area contributed by atoms with E-state index in [0.717, 1.165) is 4.68 Å². The van der Waals surface area contributed by atoms with Crippen LogP contribution in [0.5, 0.6) is 0 Å². The predicted molar refractivity (Wildman–Crippen MR) is 102 cm³/mol. The summed E-state index contributed by atoms with van der Waals surface area (Å²) in [4.78, 5) is 17.0. The highest BCUT2D eigenvalue weighted by Crippen LogP contribution is 2.40. The molecule has 0 radical (unpaired) electrons. The van der Waals surface area contributed by atoms with Gasteiger partial charge in [0.1, 0.15) is 11.8 Å². The van der Waals surface area contributed by atoms with Crippen molar-refractivity contribution in [3.8, 4) is 11.8 Å². The van der Waals surface area contributed by atoms with E-state index < -0.39 is 33.3 Å². The Morgan fingerprint density at radius 2 is 1.93 bits per heavy atom. The van der Waals surface area contributed by atoms with E-state index in [1.807, 2.05) is 0 Å². The number of rotatable bonds is 5. The van der Waals surface area contributed by atoms with Crippen LogP contribution in [-0.2, 0) is 11.0 Å². The van der Waals surface area contributed by atoms with E-state index in [1.54, 1.807) is 20.2 Å². The third-order valence-electron chi connectivity index (χ3n) is 3.49. The zero-order valence-electron chi connectivity index (χ0n) is 14.9. The Labute approximate surface area is 172 Å². The number of nitriles is 1. The molecule has 0 fully saturated rings. The van der Waals surface area contributed by atoms with Crippen molar-refractivity contribution >= 4 is 46.9 Å². The number of aliphatic imine (C=N–C) groups is 1. The second-order valence-electron chi connectivity index (χ2n) is 5.85. The van der Waals surface area contributed by atoms with Crippen LogP contribution >= 0.6 is 23.2 Å². The number of benzene rings is 1. The monoisotopic (exact) mass is 445 g/mol. The van der Waals surface area contributed by atoms with E-state index in [1.165, 1.54) is 11.2 Å². The Morgan fingerprint density at radius 3 is 2.34 bits per heavy atom. The number of halogens is 5. The lowest BCUT2D eigenvalue weighted by atomic mass is 10.1. The summed E-state index contributed by atoms with van der Waals surface area (Å²) in [5.74, 6) is -1.63. The topological polar surface area (TPSA) is 94.5 Å². The van der Waals surface area contributed by atoms with E-state index in [-0.39, 0.29) is 22.8 Å². The van der Waals surface area contributed by atoms with Gasteiger partial charge in [-0.25, -0.2) is 14.5 Å². The van der Waals surface area contributed by atoms with Crippen LogP contribution in [0.3, 0.4) is 0 Å². The molecule has 29 heavy (non-hydrogen) atoms. The largest absolute Gasteiger partial charge is 0.478 e. The van der Waals surface area contributed by atoms with Crippen molar-refractivity contribution in [2.75, 3.05) is 14.1 Å².